The van der Waals surface area contributed by atoms with Crippen molar-refractivity contribution in [2.75, 3.05) is 13.2 Å². The minimum atomic E-state index is -0.782. The predicted octanol–water partition coefficient (Wildman–Crippen LogP) is 4.74. The maximum Gasteiger partial charge on any atom is 0.307 e. The lowest BCUT2D eigenvalue weighted by atomic mass is 9.78. The Morgan fingerprint density at radius 2 is 1.78 bits per heavy atom. The molecular formula is C22H36O5. The molecule has 1 spiro atoms. The Morgan fingerprint density at radius 3 is 2.41 bits per heavy atom. The number of aliphatic carboxylic acids is 1. The summed E-state index contributed by atoms with van der Waals surface area (Å²) in [6.07, 6.45) is 12.4. The average molecular weight is 381 g/mol. The van der Waals surface area contributed by atoms with E-state index < -0.39 is 17.7 Å². The number of rotatable bonds is 12. The van der Waals surface area contributed by atoms with Crippen molar-refractivity contribution in [3.8, 4) is 0 Å². The van der Waals surface area contributed by atoms with Gasteiger partial charge in [-0.05, 0) is 31.3 Å². The fourth-order valence-electron chi connectivity index (χ4n) is 4.60. The van der Waals surface area contributed by atoms with E-state index in [9.17, 15) is 14.7 Å². The molecule has 5 heteroatoms. The molecule has 154 valence electrons. The number of hydrogen-bond donors (Lipinski definition) is 1. The summed E-state index contributed by atoms with van der Waals surface area (Å²) < 4.78 is 11.9. The molecule has 27 heavy (non-hydrogen) atoms. The van der Waals surface area contributed by atoms with Crippen molar-refractivity contribution in [3.63, 3.8) is 0 Å². The number of carbonyl (C=O) groups excluding carboxylic acids is 1. The number of unbranched alkanes of at least 4 members (excludes halogenated alkanes) is 4. The molecule has 2 aliphatic rings. The predicted molar refractivity (Wildman–Crippen MR) is 104 cm³/mol. The smallest absolute Gasteiger partial charge is 0.307 e. The van der Waals surface area contributed by atoms with Crippen molar-refractivity contribution in [1.82, 2.24) is 0 Å². The van der Waals surface area contributed by atoms with Crippen LogP contribution in [0.15, 0.2) is 12.2 Å². The van der Waals surface area contributed by atoms with Crippen molar-refractivity contribution in [3.05, 3.63) is 12.2 Å². The summed E-state index contributed by atoms with van der Waals surface area (Å²) >= 11 is 0. The van der Waals surface area contributed by atoms with Crippen LogP contribution in [0, 0.1) is 17.8 Å². The Balaban J connectivity index is 2.12. The molecule has 1 saturated heterocycles. The Bertz CT molecular complexity index is 507. The highest BCUT2D eigenvalue weighted by molar-refractivity contribution is 5.89. The first-order chi connectivity index (χ1) is 13.0. The molecule has 5 nitrogen and oxygen atoms in total. The molecule has 0 bridgehead atoms. The van der Waals surface area contributed by atoms with E-state index in [2.05, 4.69) is 13.8 Å². The number of ketones is 1. The van der Waals surface area contributed by atoms with E-state index in [0.29, 0.717) is 32.5 Å². The fraction of sp³-hybridized carbons (Fsp3) is 0.818. The molecular weight excluding hydrogens is 344 g/mol. The lowest BCUT2D eigenvalue weighted by Gasteiger charge is -2.35. The van der Waals surface area contributed by atoms with E-state index in [1.54, 1.807) is 6.08 Å². The number of carbonyl (C=O) groups is 2. The second kappa shape index (κ2) is 11.0. The van der Waals surface area contributed by atoms with E-state index in [0.717, 1.165) is 44.9 Å². The summed E-state index contributed by atoms with van der Waals surface area (Å²) in [6.45, 7) is 5.27. The van der Waals surface area contributed by atoms with Gasteiger partial charge in [0.25, 0.3) is 0 Å². The molecule has 1 aliphatic carbocycles. The number of carboxylic acid groups (broad SMARTS) is 1. The van der Waals surface area contributed by atoms with Gasteiger partial charge < -0.3 is 14.6 Å². The van der Waals surface area contributed by atoms with Crippen molar-refractivity contribution in [1.29, 1.82) is 0 Å². The first-order valence-electron chi connectivity index (χ1n) is 10.8. The molecule has 2 fully saturated rings. The molecule has 3 unspecified atom stereocenters. The SMILES string of the molecule is CCCCCC(=O)C=CC1CCC2(OCCO2)C1C(CCCCC)C(=O)O. The molecule has 2 rings (SSSR count). The zero-order valence-corrected chi connectivity index (χ0v) is 17.0. The van der Waals surface area contributed by atoms with Crippen molar-refractivity contribution in [2.24, 2.45) is 17.8 Å². The van der Waals surface area contributed by atoms with E-state index in [1.165, 1.54) is 0 Å². The molecule has 0 aromatic rings. The number of allylic oxidation sites excluding steroid dienone is 2. The standard InChI is InChI=1S/C22H36O5/c1-3-5-7-9-18(23)12-11-17-13-14-22(26-15-16-27-22)20(17)19(21(24)25)10-8-6-4-2/h11-12,17,19-20H,3-10,13-16H2,1-2H3,(H,24,25). The first-order valence-corrected chi connectivity index (χ1v) is 10.8. The second-order valence-electron chi connectivity index (χ2n) is 7.96. The largest absolute Gasteiger partial charge is 0.481 e. The summed E-state index contributed by atoms with van der Waals surface area (Å²) in [6, 6.07) is 0. The maximum absolute atomic E-state index is 12.1. The number of ether oxygens (including phenoxy) is 2. The van der Waals surface area contributed by atoms with E-state index in [4.69, 9.17) is 9.47 Å². The quantitative estimate of drug-likeness (QED) is 0.391. The van der Waals surface area contributed by atoms with Crippen LogP contribution < -0.4 is 0 Å². The first kappa shape index (κ1) is 22.1. The van der Waals surface area contributed by atoms with E-state index in [-0.39, 0.29) is 17.6 Å². The highest BCUT2D eigenvalue weighted by Gasteiger charge is 2.56. The van der Waals surface area contributed by atoms with Crippen LogP contribution in [0.25, 0.3) is 0 Å². The zero-order valence-electron chi connectivity index (χ0n) is 17.0. The van der Waals surface area contributed by atoms with Crippen molar-refractivity contribution >= 4 is 11.8 Å². The molecule has 0 radical (unpaired) electrons. The third kappa shape index (κ3) is 5.89. The minimum absolute atomic E-state index is 0.0148. The molecule has 1 aliphatic heterocycles. The molecule has 1 heterocycles. The summed E-state index contributed by atoms with van der Waals surface area (Å²) in [4.78, 5) is 24.2. The Labute approximate surface area is 163 Å². The molecule has 0 aromatic carbocycles. The van der Waals surface area contributed by atoms with Crippen LogP contribution in [0.1, 0.15) is 78.1 Å². The summed E-state index contributed by atoms with van der Waals surface area (Å²) in [7, 11) is 0. The average Bonchev–Trinajstić information content (AvgIpc) is 3.25. The van der Waals surface area contributed by atoms with Crippen molar-refractivity contribution in [2.45, 2.75) is 83.8 Å². The van der Waals surface area contributed by atoms with Gasteiger partial charge in [0.1, 0.15) is 0 Å². The van der Waals surface area contributed by atoms with Gasteiger partial charge in [-0.3, -0.25) is 9.59 Å². The third-order valence-electron chi connectivity index (χ3n) is 6.00. The maximum atomic E-state index is 12.1. The van der Waals surface area contributed by atoms with Crippen LogP contribution in [0.4, 0.5) is 0 Å². The van der Waals surface area contributed by atoms with Gasteiger partial charge in [0, 0.05) is 18.8 Å². The van der Waals surface area contributed by atoms with E-state index in [1.807, 2.05) is 6.08 Å². The van der Waals surface area contributed by atoms with E-state index >= 15 is 0 Å². The van der Waals surface area contributed by atoms with Crippen molar-refractivity contribution < 1.29 is 24.2 Å². The Hall–Kier alpha value is -1.20. The second-order valence-corrected chi connectivity index (χ2v) is 7.96. The molecule has 3 atom stereocenters. The van der Waals surface area contributed by atoms with Gasteiger partial charge in [0.15, 0.2) is 11.6 Å². The zero-order chi connectivity index (χ0) is 19.7. The lowest BCUT2D eigenvalue weighted by molar-refractivity contribution is -0.202. The number of hydrogen-bond acceptors (Lipinski definition) is 4. The highest BCUT2D eigenvalue weighted by Crippen LogP contribution is 2.51. The molecule has 1 N–H and O–H groups in total. The fourth-order valence-corrected chi connectivity index (χ4v) is 4.60. The van der Waals surface area contributed by atoms with Gasteiger partial charge in [-0.1, -0.05) is 52.0 Å². The Kier molecular flexibility index (Phi) is 8.97. The summed E-state index contributed by atoms with van der Waals surface area (Å²) in [5, 5.41) is 9.91. The van der Waals surface area contributed by atoms with Crippen LogP contribution in [0.2, 0.25) is 0 Å². The third-order valence-corrected chi connectivity index (χ3v) is 6.00. The summed E-state index contributed by atoms with van der Waals surface area (Å²) in [5.41, 5.74) is 0. The Morgan fingerprint density at radius 1 is 1.11 bits per heavy atom. The number of carboxylic acids is 1. The highest BCUT2D eigenvalue weighted by atomic mass is 16.7. The normalized spacial score (nSPS) is 25.4. The van der Waals surface area contributed by atoms with Gasteiger partial charge in [0.2, 0.25) is 0 Å². The molecule has 1 saturated carbocycles. The van der Waals surface area contributed by atoms with Crippen LogP contribution in [0.3, 0.4) is 0 Å². The minimum Gasteiger partial charge on any atom is -0.481 e. The van der Waals surface area contributed by atoms with Crippen LogP contribution >= 0.6 is 0 Å². The van der Waals surface area contributed by atoms with Gasteiger partial charge >= 0.3 is 5.97 Å². The molecule has 0 aromatic heterocycles. The van der Waals surface area contributed by atoms with Gasteiger partial charge in [-0.25, -0.2) is 0 Å². The van der Waals surface area contributed by atoms with Gasteiger partial charge in [0.05, 0.1) is 19.1 Å². The molecule has 0 amide bonds. The monoisotopic (exact) mass is 380 g/mol. The lowest BCUT2D eigenvalue weighted by Crippen LogP contribution is -2.43. The topological polar surface area (TPSA) is 72.8 Å². The summed E-state index contributed by atoms with van der Waals surface area (Å²) in [5.74, 6) is -2.13. The van der Waals surface area contributed by atoms with Crippen LogP contribution in [-0.4, -0.2) is 35.9 Å². The van der Waals surface area contributed by atoms with Gasteiger partial charge in [-0.15, -0.1) is 0 Å². The van der Waals surface area contributed by atoms with Crippen LogP contribution in [0.5, 0.6) is 0 Å². The van der Waals surface area contributed by atoms with Crippen LogP contribution in [-0.2, 0) is 19.1 Å². The van der Waals surface area contributed by atoms with Gasteiger partial charge in [-0.2, -0.15) is 0 Å².